The first-order valence-electron chi connectivity index (χ1n) is 5.94. The van der Waals surface area contributed by atoms with Gasteiger partial charge in [0.2, 0.25) is 0 Å². The minimum absolute atomic E-state index is 0. The standard InChI is InChI=1S/C12H15F2N3O3.ClH/c1-2-8-3-4-9(5-10(8)17(19)20)11(18)16-7-12(13,14)6-15;/h3-5H,2,6-7,15H2,1H3,(H,16,18);1H. The van der Waals surface area contributed by atoms with Gasteiger partial charge in [-0.3, -0.25) is 14.9 Å². The van der Waals surface area contributed by atoms with Crippen molar-refractivity contribution in [2.24, 2.45) is 5.73 Å². The van der Waals surface area contributed by atoms with Gasteiger partial charge >= 0.3 is 0 Å². The molecule has 118 valence electrons. The van der Waals surface area contributed by atoms with E-state index in [9.17, 15) is 23.7 Å². The molecule has 0 aliphatic heterocycles. The average Bonchev–Trinajstić information content (AvgIpc) is 2.44. The van der Waals surface area contributed by atoms with E-state index < -0.39 is 29.8 Å². The van der Waals surface area contributed by atoms with Crippen molar-refractivity contribution in [1.29, 1.82) is 0 Å². The van der Waals surface area contributed by atoms with E-state index in [1.807, 2.05) is 5.32 Å². The second-order valence-electron chi connectivity index (χ2n) is 4.20. The molecule has 0 heterocycles. The Balaban J connectivity index is 0.00000400. The van der Waals surface area contributed by atoms with E-state index in [4.69, 9.17) is 5.73 Å². The van der Waals surface area contributed by atoms with Crippen molar-refractivity contribution in [3.05, 3.63) is 39.4 Å². The van der Waals surface area contributed by atoms with E-state index in [2.05, 4.69) is 0 Å². The molecule has 0 fully saturated rings. The number of hydrogen-bond donors (Lipinski definition) is 2. The Morgan fingerprint density at radius 1 is 1.48 bits per heavy atom. The van der Waals surface area contributed by atoms with Crippen LogP contribution in [0.25, 0.3) is 0 Å². The van der Waals surface area contributed by atoms with Gasteiger partial charge in [-0.15, -0.1) is 12.4 Å². The number of alkyl halides is 2. The van der Waals surface area contributed by atoms with Crippen LogP contribution in [0.1, 0.15) is 22.8 Å². The van der Waals surface area contributed by atoms with Crippen LogP contribution in [-0.4, -0.2) is 29.8 Å². The number of rotatable bonds is 6. The van der Waals surface area contributed by atoms with E-state index >= 15 is 0 Å². The largest absolute Gasteiger partial charge is 0.346 e. The molecule has 0 spiro atoms. The van der Waals surface area contributed by atoms with Crippen LogP contribution in [0, 0.1) is 10.1 Å². The van der Waals surface area contributed by atoms with Gasteiger partial charge in [0.15, 0.2) is 0 Å². The molecule has 3 N–H and O–H groups in total. The van der Waals surface area contributed by atoms with Gasteiger partial charge < -0.3 is 11.1 Å². The first kappa shape index (κ1) is 19.2. The number of nitrogens with zero attached hydrogens (tertiary/aromatic N) is 1. The summed E-state index contributed by atoms with van der Waals surface area (Å²) < 4.78 is 25.8. The van der Waals surface area contributed by atoms with E-state index in [-0.39, 0.29) is 23.7 Å². The van der Waals surface area contributed by atoms with Crippen molar-refractivity contribution in [1.82, 2.24) is 5.32 Å². The molecule has 6 nitrogen and oxygen atoms in total. The van der Waals surface area contributed by atoms with Crippen LogP contribution in [0.4, 0.5) is 14.5 Å². The summed E-state index contributed by atoms with van der Waals surface area (Å²) in [6.07, 6.45) is 0.434. The van der Waals surface area contributed by atoms with Crippen LogP contribution < -0.4 is 11.1 Å². The number of nitrogens with two attached hydrogens (primary N) is 1. The molecule has 0 aliphatic carbocycles. The highest BCUT2D eigenvalue weighted by molar-refractivity contribution is 5.95. The molecule has 0 atom stereocenters. The quantitative estimate of drug-likeness (QED) is 0.617. The van der Waals surface area contributed by atoms with Crippen LogP contribution >= 0.6 is 12.4 Å². The van der Waals surface area contributed by atoms with Gasteiger partial charge in [-0.25, -0.2) is 8.78 Å². The number of carbonyl (C=O) groups is 1. The molecule has 1 amide bonds. The Morgan fingerprint density at radius 2 is 2.10 bits per heavy atom. The van der Waals surface area contributed by atoms with Crippen molar-refractivity contribution in [2.75, 3.05) is 13.1 Å². The van der Waals surface area contributed by atoms with Crippen molar-refractivity contribution in [2.45, 2.75) is 19.3 Å². The highest BCUT2D eigenvalue weighted by Gasteiger charge is 2.27. The molecule has 0 aliphatic rings. The summed E-state index contributed by atoms with van der Waals surface area (Å²) in [4.78, 5) is 21.9. The Bertz CT molecular complexity index is 526. The number of hydrogen-bond acceptors (Lipinski definition) is 4. The fraction of sp³-hybridized carbons (Fsp3) is 0.417. The third kappa shape index (κ3) is 5.24. The van der Waals surface area contributed by atoms with Crippen LogP contribution in [0.15, 0.2) is 18.2 Å². The van der Waals surface area contributed by atoms with E-state index in [0.717, 1.165) is 6.07 Å². The lowest BCUT2D eigenvalue weighted by molar-refractivity contribution is -0.385. The molecule has 0 aromatic heterocycles. The zero-order valence-electron chi connectivity index (χ0n) is 11.3. The molecule has 0 saturated carbocycles. The number of aryl methyl sites for hydroxylation is 1. The highest BCUT2D eigenvalue weighted by Crippen LogP contribution is 2.21. The number of halogens is 3. The molecule has 1 aromatic carbocycles. The topological polar surface area (TPSA) is 98.3 Å². The lowest BCUT2D eigenvalue weighted by Gasteiger charge is -2.14. The monoisotopic (exact) mass is 323 g/mol. The van der Waals surface area contributed by atoms with Crippen LogP contribution in [0.2, 0.25) is 0 Å². The van der Waals surface area contributed by atoms with E-state index in [1.54, 1.807) is 6.92 Å². The van der Waals surface area contributed by atoms with E-state index in [0.29, 0.717) is 12.0 Å². The van der Waals surface area contributed by atoms with Gasteiger partial charge in [0.1, 0.15) is 0 Å². The average molecular weight is 324 g/mol. The van der Waals surface area contributed by atoms with Crippen LogP contribution in [0.3, 0.4) is 0 Å². The number of amides is 1. The molecule has 0 bridgehead atoms. The summed E-state index contributed by atoms with van der Waals surface area (Å²) in [7, 11) is 0. The van der Waals surface area contributed by atoms with E-state index in [1.165, 1.54) is 12.1 Å². The summed E-state index contributed by atoms with van der Waals surface area (Å²) in [5, 5.41) is 12.9. The summed E-state index contributed by atoms with van der Waals surface area (Å²) in [6.45, 7) is -0.0578. The highest BCUT2D eigenvalue weighted by atomic mass is 35.5. The minimum Gasteiger partial charge on any atom is -0.346 e. The number of nitrogens with one attached hydrogen (secondary N) is 1. The number of nitro groups is 1. The lowest BCUT2D eigenvalue weighted by Crippen LogP contribution is -2.41. The first-order chi connectivity index (χ1) is 9.30. The normalized spacial score (nSPS) is 10.7. The Labute approximate surface area is 126 Å². The van der Waals surface area contributed by atoms with Crippen molar-refractivity contribution < 1.29 is 18.5 Å². The SMILES string of the molecule is CCc1ccc(C(=O)NCC(F)(F)CN)cc1[N+](=O)[O-].Cl. The number of benzene rings is 1. The summed E-state index contributed by atoms with van der Waals surface area (Å²) in [5.41, 5.74) is 5.07. The summed E-state index contributed by atoms with van der Waals surface area (Å²) in [5.74, 6) is -4.01. The molecule has 0 radical (unpaired) electrons. The van der Waals surface area contributed by atoms with Gasteiger partial charge in [-0.2, -0.15) is 0 Å². The molecular formula is C12H16ClF2N3O3. The fourth-order valence-corrected chi connectivity index (χ4v) is 1.56. The molecule has 1 aromatic rings. The Hall–Kier alpha value is -1.80. The predicted octanol–water partition coefficient (Wildman–Crippen LogP) is 1.90. The van der Waals surface area contributed by atoms with Crippen molar-refractivity contribution in [3.8, 4) is 0 Å². The Kier molecular flexibility index (Phi) is 7.17. The van der Waals surface area contributed by atoms with Gasteiger partial charge in [-0.1, -0.05) is 13.0 Å². The first-order valence-corrected chi connectivity index (χ1v) is 5.94. The zero-order chi connectivity index (χ0) is 15.3. The third-order valence-electron chi connectivity index (χ3n) is 2.73. The van der Waals surface area contributed by atoms with Gasteiger partial charge in [-0.05, 0) is 12.5 Å². The molecule has 1 rings (SSSR count). The van der Waals surface area contributed by atoms with Crippen LogP contribution in [0.5, 0.6) is 0 Å². The van der Waals surface area contributed by atoms with Crippen molar-refractivity contribution in [3.63, 3.8) is 0 Å². The van der Waals surface area contributed by atoms with Crippen LogP contribution in [-0.2, 0) is 6.42 Å². The van der Waals surface area contributed by atoms with Gasteiger partial charge in [0.05, 0.1) is 18.0 Å². The zero-order valence-corrected chi connectivity index (χ0v) is 12.1. The second kappa shape index (κ2) is 7.84. The second-order valence-corrected chi connectivity index (χ2v) is 4.20. The third-order valence-corrected chi connectivity index (χ3v) is 2.73. The van der Waals surface area contributed by atoms with Gasteiger partial charge in [0, 0.05) is 17.2 Å². The fourth-order valence-electron chi connectivity index (χ4n) is 1.56. The smallest absolute Gasteiger partial charge is 0.277 e. The molecular weight excluding hydrogens is 308 g/mol. The maximum atomic E-state index is 12.9. The molecule has 0 unspecified atom stereocenters. The molecule has 9 heteroatoms. The molecule has 21 heavy (non-hydrogen) atoms. The van der Waals surface area contributed by atoms with Crippen molar-refractivity contribution >= 4 is 24.0 Å². The Morgan fingerprint density at radius 3 is 2.57 bits per heavy atom. The minimum atomic E-state index is -3.20. The predicted molar refractivity (Wildman–Crippen MR) is 76.1 cm³/mol. The molecule has 0 saturated heterocycles. The summed E-state index contributed by atoms with van der Waals surface area (Å²) >= 11 is 0. The maximum absolute atomic E-state index is 12.9. The summed E-state index contributed by atoms with van der Waals surface area (Å²) in [6, 6.07) is 3.88. The number of nitro benzene ring substituents is 1. The number of carbonyl (C=O) groups excluding carboxylic acids is 1. The maximum Gasteiger partial charge on any atom is 0.277 e. The van der Waals surface area contributed by atoms with Gasteiger partial charge in [0.25, 0.3) is 17.5 Å². The lowest BCUT2D eigenvalue weighted by atomic mass is 10.1.